The van der Waals surface area contributed by atoms with E-state index in [1.165, 1.54) is 25.3 Å². The highest BCUT2D eigenvalue weighted by Crippen LogP contribution is 2.32. The highest BCUT2D eigenvalue weighted by molar-refractivity contribution is 7.98. The molecule has 0 aliphatic rings. The minimum absolute atomic E-state index is 0.0817. The topological polar surface area (TPSA) is 75.7 Å². The molecule has 1 amide bonds. The van der Waals surface area contributed by atoms with E-state index in [0.717, 1.165) is 10.1 Å². The summed E-state index contributed by atoms with van der Waals surface area (Å²) in [6.45, 7) is -0.00573. The maximum absolute atomic E-state index is 13.7. The number of methoxy groups -OCH3 is 1. The molecule has 0 spiro atoms. The quantitative estimate of drug-likeness (QED) is 0.370. The van der Waals surface area contributed by atoms with Crippen molar-refractivity contribution >= 4 is 33.4 Å². The Morgan fingerprint density at radius 1 is 1.00 bits per heavy atom. The third-order valence-corrected chi connectivity index (χ3v) is 7.84. The van der Waals surface area contributed by atoms with Crippen LogP contribution in [0.3, 0.4) is 0 Å². The highest BCUT2D eigenvalue weighted by Gasteiger charge is 2.29. The second-order valence-electron chi connectivity index (χ2n) is 7.34. The molecular formula is C25H27FN2O4S2. The van der Waals surface area contributed by atoms with Crippen LogP contribution in [0, 0.1) is 5.82 Å². The molecule has 0 bridgehead atoms. The summed E-state index contributed by atoms with van der Waals surface area (Å²) in [5.41, 5.74) is 0.930. The minimum atomic E-state index is -4.00. The molecule has 180 valence electrons. The SMILES string of the molecule is COc1ccccc1N(CC(=O)NCCCSCc1ccccc1F)S(=O)(=O)c1ccccc1. The summed E-state index contributed by atoms with van der Waals surface area (Å²) in [7, 11) is -2.55. The second kappa shape index (κ2) is 12.4. The molecule has 0 aliphatic heterocycles. The van der Waals surface area contributed by atoms with Gasteiger partial charge in [-0.15, -0.1) is 0 Å². The summed E-state index contributed by atoms with van der Waals surface area (Å²) >= 11 is 1.58. The summed E-state index contributed by atoms with van der Waals surface area (Å²) in [6, 6.07) is 21.3. The number of benzene rings is 3. The Morgan fingerprint density at radius 3 is 2.41 bits per heavy atom. The van der Waals surface area contributed by atoms with Crippen molar-refractivity contribution in [2.45, 2.75) is 17.1 Å². The zero-order valence-corrected chi connectivity index (χ0v) is 20.4. The number of rotatable bonds is 12. The number of halogens is 1. The fraction of sp³-hybridized carbons (Fsp3) is 0.240. The number of ether oxygens (including phenoxy) is 1. The van der Waals surface area contributed by atoms with E-state index in [9.17, 15) is 17.6 Å². The zero-order chi connectivity index (χ0) is 24.4. The van der Waals surface area contributed by atoms with Crippen molar-refractivity contribution in [2.24, 2.45) is 0 Å². The molecular weight excluding hydrogens is 475 g/mol. The Kier molecular flexibility index (Phi) is 9.35. The van der Waals surface area contributed by atoms with Gasteiger partial charge in [0.15, 0.2) is 0 Å². The lowest BCUT2D eigenvalue weighted by Crippen LogP contribution is -2.41. The van der Waals surface area contributed by atoms with Crippen LogP contribution in [0.25, 0.3) is 0 Å². The molecule has 6 nitrogen and oxygen atoms in total. The second-order valence-corrected chi connectivity index (χ2v) is 10.3. The van der Waals surface area contributed by atoms with Gasteiger partial charge in [0.25, 0.3) is 10.0 Å². The molecule has 0 aliphatic carbocycles. The molecule has 3 aromatic rings. The van der Waals surface area contributed by atoms with Gasteiger partial charge < -0.3 is 10.1 Å². The van der Waals surface area contributed by atoms with E-state index in [-0.39, 0.29) is 22.9 Å². The van der Waals surface area contributed by atoms with Crippen molar-refractivity contribution in [1.29, 1.82) is 0 Å². The number of nitrogens with zero attached hydrogens (tertiary/aromatic N) is 1. The first kappa shape index (κ1) is 25.6. The van der Waals surface area contributed by atoms with Crippen LogP contribution in [0.5, 0.6) is 5.75 Å². The Morgan fingerprint density at radius 2 is 1.68 bits per heavy atom. The van der Waals surface area contributed by atoms with Crippen LogP contribution < -0.4 is 14.4 Å². The summed E-state index contributed by atoms with van der Waals surface area (Å²) in [6.07, 6.45) is 0.672. The van der Waals surface area contributed by atoms with Crippen LogP contribution in [-0.2, 0) is 20.6 Å². The number of amides is 1. The van der Waals surface area contributed by atoms with Gasteiger partial charge in [0.2, 0.25) is 5.91 Å². The van der Waals surface area contributed by atoms with Gasteiger partial charge in [0.1, 0.15) is 18.1 Å². The van der Waals surface area contributed by atoms with E-state index in [0.29, 0.717) is 30.0 Å². The monoisotopic (exact) mass is 502 g/mol. The number of carbonyl (C=O) groups is 1. The van der Waals surface area contributed by atoms with Crippen LogP contribution in [-0.4, -0.2) is 40.3 Å². The lowest BCUT2D eigenvalue weighted by molar-refractivity contribution is -0.119. The molecule has 0 saturated carbocycles. The molecule has 0 heterocycles. The fourth-order valence-corrected chi connectivity index (χ4v) is 5.64. The standard InChI is InChI=1S/C25H27FN2O4S2/c1-32-24-15-8-7-14-23(24)28(34(30,31)21-11-3-2-4-12-21)18-25(29)27-16-9-17-33-19-20-10-5-6-13-22(20)26/h2-8,10-15H,9,16-19H2,1H3,(H,27,29). The molecule has 3 aromatic carbocycles. The van der Waals surface area contributed by atoms with Gasteiger partial charge in [-0.2, -0.15) is 11.8 Å². The number of sulfonamides is 1. The first-order valence-corrected chi connectivity index (χ1v) is 13.3. The van der Waals surface area contributed by atoms with Crippen molar-refractivity contribution in [1.82, 2.24) is 5.32 Å². The molecule has 0 radical (unpaired) electrons. The van der Waals surface area contributed by atoms with Crippen LogP contribution in [0.15, 0.2) is 83.8 Å². The molecule has 0 unspecified atom stereocenters. The van der Waals surface area contributed by atoms with Gasteiger partial charge in [0, 0.05) is 12.3 Å². The zero-order valence-electron chi connectivity index (χ0n) is 18.8. The Hall–Kier alpha value is -3.04. The van der Waals surface area contributed by atoms with Gasteiger partial charge in [0.05, 0.1) is 17.7 Å². The van der Waals surface area contributed by atoms with Crippen molar-refractivity contribution in [3.05, 3.63) is 90.2 Å². The van der Waals surface area contributed by atoms with E-state index >= 15 is 0 Å². The average Bonchev–Trinajstić information content (AvgIpc) is 2.86. The summed E-state index contributed by atoms with van der Waals surface area (Å²) in [5.74, 6) is 0.980. The predicted molar refractivity (Wildman–Crippen MR) is 134 cm³/mol. The van der Waals surface area contributed by atoms with Gasteiger partial charge in [-0.1, -0.05) is 48.5 Å². The normalized spacial score (nSPS) is 11.1. The summed E-state index contributed by atoms with van der Waals surface area (Å²) in [4.78, 5) is 12.8. The lowest BCUT2D eigenvalue weighted by Gasteiger charge is -2.25. The van der Waals surface area contributed by atoms with E-state index < -0.39 is 15.9 Å². The molecule has 1 N–H and O–H groups in total. The first-order chi connectivity index (χ1) is 16.4. The van der Waals surface area contributed by atoms with Crippen LogP contribution in [0.4, 0.5) is 10.1 Å². The minimum Gasteiger partial charge on any atom is -0.495 e. The van der Waals surface area contributed by atoms with Gasteiger partial charge in [-0.25, -0.2) is 12.8 Å². The van der Waals surface area contributed by atoms with Gasteiger partial charge in [-0.3, -0.25) is 9.10 Å². The molecule has 0 aromatic heterocycles. The van der Waals surface area contributed by atoms with Crippen molar-refractivity contribution in [3.63, 3.8) is 0 Å². The molecule has 34 heavy (non-hydrogen) atoms. The molecule has 0 fully saturated rings. The van der Waals surface area contributed by atoms with Crippen molar-refractivity contribution in [3.8, 4) is 5.75 Å². The number of hydrogen-bond acceptors (Lipinski definition) is 5. The molecule has 0 atom stereocenters. The summed E-state index contributed by atoms with van der Waals surface area (Å²) in [5, 5.41) is 2.78. The molecule has 9 heteroatoms. The van der Waals surface area contributed by atoms with E-state index in [4.69, 9.17) is 4.74 Å². The number of nitrogens with one attached hydrogen (secondary N) is 1. The smallest absolute Gasteiger partial charge is 0.264 e. The number of para-hydroxylation sites is 2. The van der Waals surface area contributed by atoms with Gasteiger partial charge in [-0.05, 0) is 48.1 Å². The van der Waals surface area contributed by atoms with Crippen LogP contribution in [0.2, 0.25) is 0 Å². The molecule has 0 saturated heterocycles. The fourth-order valence-electron chi connectivity index (χ4n) is 3.24. The van der Waals surface area contributed by atoms with E-state index in [2.05, 4.69) is 5.32 Å². The molecule has 3 rings (SSSR count). The van der Waals surface area contributed by atoms with Gasteiger partial charge >= 0.3 is 0 Å². The number of hydrogen-bond donors (Lipinski definition) is 1. The lowest BCUT2D eigenvalue weighted by atomic mass is 10.2. The number of anilines is 1. The average molecular weight is 503 g/mol. The predicted octanol–water partition coefficient (Wildman–Crippen LogP) is 4.47. The maximum atomic E-state index is 13.7. The first-order valence-electron chi connectivity index (χ1n) is 10.7. The Bertz CT molecular complexity index is 1190. The highest BCUT2D eigenvalue weighted by atomic mass is 32.2. The van der Waals surface area contributed by atoms with Crippen LogP contribution >= 0.6 is 11.8 Å². The van der Waals surface area contributed by atoms with Crippen molar-refractivity contribution < 1.29 is 22.3 Å². The number of thioether (sulfide) groups is 1. The third-order valence-electron chi connectivity index (χ3n) is 4.98. The van der Waals surface area contributed by atoms with Crippen LogP contribution in [0.1, 0.15) is 12.0 Å². The number of carbonyl (C=O) groups excluding carboxylic acids is 1. The Balaban J connectivity index is 1.61. The van der Waals surface area contributed by atoms with Crippen molar-refractivity contribution in [2.75, 3.05) is 30.3 Å². The maximum Gasteiger partial charge on any atom is 0.264 e. The van der Waals surface area contributed by atoms with E-state index in [1.54, 1.807) is 72.4 Å². The summed E-state index contributed by atoms with van der Waals surface area (Å²) < 4.78 is 46.8. The largest absolute Gasteiger partial charge is 0.495 e. The van der Waals surface area contributed by atoms with E-state index in [1.807, 2.05) is 0 Å². The third kappa shape index (κ3) is 6.74. The Labute approximate surface area is 204 Å².